The molecular formula is C57H59F3N10O7S. The molecule has 3 aliphatic rings. The first kappa shape index (κ1) is 53.6. The first-order valence-electron chi connectivity index (χ1n) is 25.9. The van der Waals surface area contributed by atoms with Crippen molar-refractivity contribution in [2.75, 3.05) is 61.4 Å². The second kappa shape index (κ2) is 21.9. The lowest BCUT2D eigenvalue weighted by atomic mass is 9.93. The molecule has 4 aromatic carbocycles. The topological polar surface area (TPSA) is 193 Å². The Morgan fingerprint density at radius 1 is 0.885 bits per heavy atom. The molecule has 78 heavy (non-hydrogen) atoms. The van der Waals surface area contributed by atoms with Crippen molar-refractivity contribution in [2.24, 2.45) is 7.05 Å². The lowest BCUT2D eigenvalue weighted by Crippen LogP contribution is -2.60. The van der Waals surface area contributed by atoms with Crippen LogP contribution in [0.15, 0.2) is 91.0 Å². The molecule has 3 aromatic heterocycles. The van der Waals surface area contributed by atoms with Crippen molar-refractivity contribution in [1.29, 1.82) is 0 Å². The summed E-state index contributed by atoms with van der Waals surface area (Å²) in [5.74, 6) is -1.67. The standard InChI is InChI=1S/C57H59F3N10O7S/c1-33-36(37-19-21-47(63-51(37)54(75)77-56(2,3)4)70-25-23-34-11-8-13-38(41(34)30-70)52(73)65-55-62-42-14-6-7-16-45(42)78-55)12-9-15-44(33)76-28-10-24-69-27-26-68(31-46(69)57(58,59)60)32-49(72)61-35-17-18-39-43(29-35)67(5)66-50(39)40-20-22-48(71)64-53(40)74/h6-9,11-19,21,29,40,46H,10,20,22-28,30-32H2,1-5H3,(H,61,72)(H,62,65,73)(H,64,71,74)/t40?,46-/m1/s1. The second-order valence-electron chi connectivity index (χ2n) is 20.9. The highest BCUT2D eigenvalue weighted by molar-refractivity contribution is 7.22. The summed E-state index contributed by atoms with van der Waals surface area (Å²) in [6, 6.07) is 25.8. The van der Waals surface area contributed by atoms with Crippen LogP contribution in [0.4, 0.5) is 29.8 Å². The number of anilines is 3. The van der Waals surface area contributed by atoms with Crippen molar-refractivity contribution in [1.82, 2.24) is 34.9 Å². The Morgan fingerprint density at radius 3 is 2.47 bits per heavy atom. The number of benzene rings is 4. The number of carbonyl (C=O) groups is 5. The number of piperidine rings is 1. The number of carbonyl (C=O) groups excluding carboxylic acids is 5. The van der Waals surface area contributed by atoms with Crippen molar-refractivity contribution in [3.63, 3.8) is 0 Å². The molecule has 2 atom stereocenters. The van der Waals surface area contributed by atoms with Gasteiger partial charge in [0.1, 0.15) is 23.2 Å². The fraction of sp³-hybridized carbons (Fsp3) is 0.368. The molecule has 0 saturated carbocycles. The van der Waals surface area contributed by atoms with Crippen molar-refractivity contribution < 1.29 is 46.6 Å². The summed E-state index contributed by atoms with van der Waals surface area (Å²) in [6.45, 7) is 8.03. The predicted molar refractivity (Wildman–Crippen MR) is 291 cm³/mol. The summed E-state index contributed by atoms with van der Waals surface area (Å²) in [7, 11) is 1.71. The minimum Gasteiger partial charge on any atom is -0.493 e. The lowest BCUT2D eigenvalue weighted by Gasteiger charge is -2.41. The molecule has 0 spiro atoms. The van der Waals surface area contributed by atoms with Crippen molar-refractivity contribution in [3.05, 3.63) is 125 Å². The fourth-order valence-electron chi connectivity index (χ4n) is 10.5. The normalized spacial score (nSPS) is 17.5. The van der Waals surface area contributed by atoms with E-state index in [2.05, 4.69) is 26.0 Å². The van der Waals surface area contributed by atoms with Crippen LogP contribution in [0.3, 0.4) is 0 Å². The van der Waals surface area contributed by atoms with Crippen LogP contribution < -0.4 is 25.6 Å². The van der Waals surface area contributed by atoms with E-state index in [4.69, 9.17) is 14.5 Å². The number of imide groups is 1. The quantitative estimate of drug-likeness (QED) is 0.0532. The van der Waals surface area contributed by atoms with Crippen molar-refractivity contribution >= 4 is 78.7 Å². The minimum absolute atomic E-state index is 0.0813. The summed E-state index contributed by atoms with van der Waals surface area (Å²) in [5.41, 5.74) is 5.96. The minimum atomic E-state index is -4.56. The summed E-state index contributed by atoms with van der Waals surface area (Å²) in [5, 5.41) is 13.9. The number of pyridine rings is 1. The number of rotatable bonds is 14. The van der Waals surface area contributed by atoms with E-state index in [9.17, 15) is 37.1 Å². The van der Waals surface area contributed by atoms with Gasteiger partial charge in [-0.2, -0.15) is 18.3 Å². The number of esters is 1. The first-order valence-corrected chi connectivity index (χ1v) is 26.7. The number of para-hydroxylation sites is 1. The average molecular weight is 1090 g/mol. The van der Waals surface area contributed by atoms with E-state index in [0.717, 1.165) is 21.3 Å². The van der Waals surface area contributed by atoms with E-state index in [1.54, 1.807) is 68.9 Å². The molecule has 0 radical (unpaired) electrons. The molecule has 10 rings (SSSR count). The number of amides is 4. The molecule has 21 heteroatoms. The number of aromatic nitrogens is 4. The first-order chi connectivity index (χ1) is 37.3. The molecule has 0 aliphatic carbocycles. The Kier molecular flexibility index (Phi) is 15.1. The second-order valence-corrected chi connectivity index (χ2v) is 21.9. The highest BCUT2D eigenvalue weighted by atomic mass is 32.1. The number of ether oxygens (including phenoxy) is 2. The Hall–Kier alpha value is -7.75. The maximum Gasteiger partial charge on any atom is 0.405 e. The number of aryl methyl sites for hydroxylation is 1. The van der Waals surface area contributed by atoms with Gasteiger partial charge in [-0.25, -0.2) is 14.8 Å². The molecule has 0 bridgehead atoms. The molecule has 406 valence electrons. The molecule has 3 aliphatic heterocycles. The van der Waals surface area contributed by atoms with Gasteiger partial charge in [-0.3, -0.25) is 44.3 Å². The zero-order chi connectivity index (χ0) is 55.0. The van der Waals surface area contributed by atoms with Gasteiger partial charge in [0.25, 0.3) is 5.91 Å². The molecule has 3 N–H and O–H groups in total. The van der Waals surface area contributed by atoms with E-state index < -0.39 is 48.1 Å². The molecule has 4 amide bonds. The van der Waals surface area contributed by atoms with Gasteiger partial charge in [0.2, 0.25) is 17.7 Å². The molecule has 2 fully saturated rings. The van der Waals surface area contributed by atoms with E-state index >= 15 is 0 Å². The van der Waals surface area contributed by atoms with Gasteiger partial charge in [0.05, 0.1) is 40.5 Å². The Bertz CT molecular complexity index is 3450. The zero-order valence-corrected chi connectivity index (χ0v) is 44.6. The monoisotopic (exact) mass is 1080 g/mol. The summed E-state index contributed by atoms with van der Waals surface area (Å²) in [4.78, 5) is 79.8. The maximum atomic E-state index is 14.7. The number of fused-ring (bicyclic) bond motifs is 3. The molecule has 6 heterocycles. The van der Waals surface area contributed by atoms with Crippen LogP contribution in [0, 0.1) is 6.92 Å². The number of alkyl halides is 3. The molecular weight excluding hydrogens is 1030 g/mol. The number of halogens is 3. The van der Waals surface area contributed by atoms with Gasteiger partial charge in [0, 0.05) is 74.9 Å². The average Bonchev–Trinajstić information content (AvgIpc) is 4.03. The Labute approximate surface area is 452 Å². The van der Waals surface area contributed by atoms with Gasteiger partial charge < -0.3 is 19.7 Å². The SMILES string of the molecule is Cc1c(OCCCN2CCN(CC(=O)Nc3ccc4c(C5CCC(=O)NC5=O)nn(C)c4c3)C[C@@H]2C(F)(F)F)cccc1-c1ccc(N2CCc3cccc(C(=O)Nc4nc5ccccc5s4)c3C2)nc1C(=O)OC(C)(C)C. The van der Waals surface area contributed by atoms with Gasteiger partial charge >= 0.3 is 12.1 Å². The smallest absolute Gasteiger partial charge is 0.405 e. The lowest BCUT2D eigenvalue weighted by molar-refractivity contribution is -0.197. The molecule has 1 unspecified atom stereocenters. The zero-order valence-electron chi connectivity index (χ0n) is 43.8. The van der Waals surface area contributed by atoms with Crippen LogP contribution in [-0.2, 0) is 39.1 Å². The number of hydrogen-bond acceptors (Lipinski definition) is 14. The highest BCUT2D eigenvalue weighted by Gasteiger charge is 2.46. The number of piperazine rings is 1. The molecule has 2 saturated heterocycles. The van der Waals surface area contributed by atoms with Gasteiger partial charge in [-0.1, -0.05) is 47.7 Å². The number of nitrogens with zero attached hydrogens (tertiary/aromatic N) is 7. The third kappa shape index (κ3) is 11.7. The van der Waals surface area contributed by atoms with Crippen LogP contribution in [0.2, 0.25) is 0 Å². The summed E-state index contributed by atoms with van der Waals surface area (Å²) >= 11 is 1.41. The van der Waals surface area contributed by atoms with E-state index in [1.165, 1.54) is 21.1 Å². The Balaban J connectivity index is 0.775. The molecule has 7 aromatic rings. The largest absolute Gasteiger partial charge is 0.493 e. The highest BCUT2D eigenvalue weighted by Crippen LogP contribution is 2.37. The summed E-state index contributed by atoms with van der Waals surface area (Å²) in [6.07, 6.45) is -3.11. The Morgan fingerprint density at radius 2 is 1.69 bits per heavy atom. The fourth-order valence-corrected chi connectivity index (χ4v) is 11.4. The maximum absolute atomic E-state index is 14.7. The number of thiazole rings is 1. The van der Waals surface area contributed by atoms with E-state index in [1.807, 2.05) is 66.4 Å². The van der Waals surface area contributed by atoms with E-state index in [0.29, 0.717) is 87.2 Å². The third-order valence-electron chi connectivity index (χ3n) is 14.3. The third-order valence-corrected chi connectivity index (χ3v) is 15.3. The van der Waals surface area contributed by atoms with Gasteiger partial charge in [0.15, 0.2) is 10.8 Å². The predicted octanol–water partition coefficient (Wildman–Crippen LogP) is 8.80. The van der Waals surface area contributed by atoms with Crippen molar-refractivity contribution in [3.8, 4) is 16.9 Å². The summed E-state index contributed by atoms with van der Waals surface area (Å²) < 4.78 is 58.7. The number of hydrogen-bond donors (Lipinski definition) is 3. The molecule has 17 nitrogen and oxygen atoms in total. The van der Waals surface area contributed by atoms with Crippen LogP contribution >= 0.6 is 11.3 Å². The van der Waals surface area contributed by atoms with Crippen LogP contribution in [0.5, 0.6) is 5.75 Å². The van der Waals surface area contributed by atoms with Crippen molar-refractivity contribution in [2.45, 2.75) is 83.7 Å². The van der Waals surface area contributed by atoms with E-state index in [-0.39, 0.29) is 63.1 Å². The number of nitrogens with one attached hydrogen (secondary N) is 3. The van der Waals surface area contributed by atoms with Crippen LogP contribution in [-0.4, -0.2) is 123 Å². The van der Waals surface area contributed by atoms with Gasteiger partial charge in [-0.15, -0.1) is 0 Å². The van der Waals surface area contributed by atoms with Crippen LogP contribution in [0.25, 0.3) is 32.2 Å². The van der Waals surface area contributed by atoms with Crippen LogP contribution in [0.1, 0.15) is 89.2 Å². The van der Waals surface area contributed by atoms with Gasteiger partial charge in [-0.05, 0) is 124 Å².